The number of rotatable bonds is 8. The van der Waals surface area contributed by atoms with Gasteiger partial charge in [-0.1, -0.05) is 24.3 Å². The summed E-state index contributed by atoms with van der Waals surface area (Å²) >= 11 is 0. The van der Waals surface area contributed by atoms with E-state index >= 15 is 0 Å². The fraction of sp³-hybridized carbons (Fsp3) is 0.571. The summed E-state index contributed by atoms with van der Waals surface area (Å²) < 4.78 is 0. The lowest BCUT2D eigenvalue weighted by Gasteiger charge is -2.23. The second-order valence-electron chi connectivity index (χ2n) is 5.02. The van der Waals surface area contributed by atoms with Crippen molar-refractivity contribution in [3.05, 3.63) is 24.3 Å². The Hall–Kier alpha value is -1.98. The van der Waals surface area contributed by atoms with E-state index in [4.69, 9.17) is 11.5 Å². The molecule has 0 saturated carbocycles. The third-order valence-electron chi connectivity index (χ3n) is 3.06. The molecule has 0 saturated heterocycles. The van der Waals surface area contributed by atoms with E-state index in [1.165, 1.54) is 0 Å². The van der Waals surface area contributed by atoms with Crippen LogP contribution in [0.25, 0.3) is 0 Å². The summed E-state index contributed by atoms with van der Waals surface area (Å²) in [5, 5.41) is 8.01. The third kappa shape index (κ3) is 4.95. The highest BCUT2D eigenvalue weighted by Crippen LogP contribution is 2.22. The molecule has 2 unspecified atom stereocenters. The lowest BCUT2D eigenvalue weighted by atomic mass is 9.96. The SMILES string of the molecule is CC=CCC(C)(N=NC(C)(CC=CC)C(N)=O)C(N)=O. The number of allylic oxidation sites excluding steroid dienone is 2. The first-order valence-electron chi connectivity index (χ1n) is 6.48. The monoisotopic (exact) mass is 280 g/mol. The van der Waals surface area contributed by atoms with E-state index in [-0.39, 0.29) is 0 Å². The predicted molar refractivity (Wildman–Crippen MR) is 78.9 cm³/mol. The molecule has 0 heterocycles. The van der Waals surface area contributed by atoms with E-state index in [9.17, 15) is 9.59 Å². The number of nitrogens with zero attached hydrogens (tertiary/aromatic N) is 2. The Balaban J connectivity index is 5.35. The molecule has 6 nitrogen and oxygen atoms in total. The minimum absolute atomic E-state index is 0.320. The molecule has 0 bridgehead atoms. The zero-order valence-corrected chi connectivity index (χ0v) is 12.6. The van der Waals surface area contributed by atoms with Gasteiger partial charge >= 0.3 is 0 Å². The maximum absolute atomic E-state index is 11.5. The summed E-state index contributed by atoms with van der Waals surface area (Å²) in [7, 11) is 0. The highest BCUT2D eigenvalue weighted by atomic mass is 16.2. The Morgan fingerprint density at radius 3 is 1.40 bits per heavy atom. The molecule has 0 aromatic carbocycles. The summed E-state index contributed by atoms with van der Waals surface area (Å²) in [5.74, 6) is -1.20. The van der Waals surface area contributed by atoms with Crippen LogP contribution in [0.1, 0.15) is 40.5 Å². The molecule has 0 aromatic rings. The Bertz CT molecular complexity index is 402. The predicted octanol–water partition coefficient (Wildman–Crippen LogP) is 1.86. The quantitative estimate of drug-likeness (QED) is 0.522. The zero-order chi connectivity index (χ0) is 15.8. The molecule has 20 heavy (non-hydrogen) atoms. The first-order chi connectivity index (χ1) is 9.22. The third-order valence-corrected chi connectivity index (χ3v) is 3.06. The summed E-state index contributed by atoms with van der Waals surface area (Å²) in [6.45, 7) is 6.82. The largest absolute Gasteiger partial charge is 0.368 e. The molecular weight excluding hydrogens is 256 g/mol. The maximum Gasteiger partial charge on any atom is 0.247 e. The Kier molecular flexibility index (Phi) is 6.82. The lowest BCUT2D eigenvalue weighted by Crippen LogP contribution is -2.42. The van der Waals surface area contributed by atoms with Crippen LogP contribution in [0.5, 0.6) is 0 Å². The lowest BCUT2D eigenvalue weighted by molar-refractivity contribution is -0.124. The first-order valence-corrected chi connectivity index (χ1v) is 6.48. The molecule has 0 aliphatic carbocycles. The summed E-state index contributed by atoms with van der Waals surface area (Å²) in [5.41, 5.74) is 8.36. The molecule has 0 spiro atoms. The van der Waals surface area contributed by atoms with Gasteiger partial charge in [-0.05, 0) is 27.7 Å². The number of hydrogen-bond donors (Lipinski definition) is 2. The number of amides is 2. The second-order valence-corrected chi connectivity index (χ2v) is 5.02. The number of primary amides is 2. The molecule has 0 aromatic heterocycles. The number of nitrogens with two attached hydrogens (primary N) is 2. The van der Waals surface area contributed by atoms with Crippen molar-refractivity contribution in [2.24, 2.45) is 21.7 Å². The molecular formula is C14H24N4O2. The van der Waals surface area contributed by atoms with Crippen molar-refractivity contribution in [1.82, 2.24) is 0 Å². The molecule has 4 N–H and O–H groups in total. The topological polar surface area (TPSA) is 111 Å². The van der Waals surface area contributed by atoms with Crippen molar-refractivity contribution in [3.63, 3.8) is 0 Å². The number of hydrogen-bond acceptors (Lipinski definition) is 4. The van der Waals surface area contributed by atoms with Crippen LogP contribution in [0.2, 0.25) is 0 Å². The summed E-state index contributed by atoms with van der Waals surface area (Å²) in [6.07, 6.45) is 7.78. The average Bonchev–Trinajstić information content (AvgIpc) is 2.40. The minimum atomic E-state index is -1.18. The summed E-state index contributed by atoms with van der Waals surface area (Å²) in [6, 6.07) is 0. The van der Waals surface area contributed by atoms with Gasteiger partial charge in [0.05, 0.1) is 0 Å². The van der Waals surface area contributed by atoms with E-state index < -0.39 is 22.9 Å². The smallest absolute Gasteiger partial charge is 0.247 e. The zero-order valence-electron chi connectivity index (χ0n) is 12.6. The fourth-order valence-corrected chi connectivity index (χ4v) is 1.30. The highest BCUT2D eigenvalue weighted by molar-refractivity contribution is 5.85. The number of carbonyl (C=O) groups is 2. The number of carbonyl (C=O) groups excluding carboxylic acids is 2. The van der Waals surface area contributed by atoms with E-state index in [1.54, 1.807) is 38.2 Å². The van der Waals surface area contributed by atoms with Gasteiger partial charge in [-0.15, -0.1) is 0 Å². The summed E-state index contributed by atoms with van der Waals surface area (Å²) in [4.78, 5) is 23.1. The maximum atomic E-state index is 11.5. The van der Waals surface area contributed by atoms with Crippen LogP contribution in [0.4, 0.5) is 0 Å². The fourth-order valence-electron chi connectivity index (χ4n) is 1.30. The molecule has 0 aliphatic heterocycles. The van der Waals surface area contributed by atoms with Gasteiger partial charge in [0.2, 0.25) is 11.8 Å². The Morgan fingerprint density at radius 1 is 0.900 bits per heavy atom. The molecule has 0 aliphatic rings. The Morgan fingerprint density at radius 2 is 1.20 bits per heavy atom. The van der Waals surface area contributed by atoms with Crippen LogP contribution in [-0.4, -0.2) is 22.9 Å². The van der Waals surface area contributed by atoms with Crippen molar-refractivity contribution >= 4 is 11.8 Å². The molecule has 112 valence electrons. The van der Waals surface area contributed by atoms with Crippen molar-refractivity contribution in [1.29, 1.82) is 0 Å². The van der Waals surface area contributed by atoms with Gasteiger partial charge in [0, 0.05) is 12.8 Å². The van der Waals surface area contributed by atoms with Crippen LogP contribution in [0.15, 0.2) is 34.5 Å². The normalized spacial score (nSPS) is 18.4. The molecule has 2 amide bonds. The van der Waals surface area contributed by atoms with Gasteiger partial charge in [0.1, 0.15) is 0 Å². The van der Waals surface area contributed by atoms with Crippen LogP contribution >= 0.6 is 0 Å². The van der Waals surface area contributed by atoms with Crippen LogP contribution in [0, 0.1) is 0 Å². The van der Waals surface area contributed by atoms with Crippen molar-refractivity contribution in [3.8, 4) is 0 Å². The Labute approximate surface area is 120 Å². The van der Waals surface area contributed by atoms with E-state index in [2.05, 4.69) is 10.2 Å². The van der Waals surface area contributed by atoms with Gasteiger partial charge in [-0.25, -0.2) is 0 Å². The van der Waals surface area contributed by atoms with Gasteiger partial charge in [0.25, 0.3) is 0 Å². The van der Waals surface area contributed by atoms with E-state index in [0.717, 1.165) is 0 Å². The van der Waals surface area contributed by atoms with Crippen molar-refractivity contribution < 1.29 is 9.59 Å². The molecule has 6 heteroatoms. The van der Waals surface area contributed by atoms with Gasteiger partial charge in [-0.2, -0.15) is 10.2 Å². The second kappa shape index (κ2) is 7.57. The first kappa shape index (κ1) is 18.0. The van der Waals surface area contributed by atoms with Crippen LogP contribution < -0.4 is 11.5 Å². The van der Waals surface area contributed by atoms with Gasteiger partial charge in [0.15, 0.2) is 11.1 Å². The van der Waals surface area contributed by atoms with Gasteiger partial charge in [-0.3, -0.25) is 9.59 Å². The molecule has 0 rings (SSSR count). The van der Waals surface area contributed by atoms with Crippen molar-refractivity contribution in [2.75, 3.05) is 0 Å². The molecule has 2 atom stereocenters. The average molecular weight is 280 g/mol. The molecule has 0 radical (unpaired) electrons. The van der Waals surface area contributed by atoms with E-state index in [1.807, 2.05) is 13.8 Å². The van der Waals surface area contributed by atoms with E-state index in [0.29, 0.717) is 12.8 Å². The van der Waals surface area contributed by atoms with Crippen LogP contribution in [-0.2, 0) is 9.59 Å². The highest BCUT2D eigenvalue weighted by Gasteiger charge is 2.34. The number of azo groups is 1. The van der Waals surface area contributed by atoms with Gasteiger partial charge < -0.3 is 11.5 Å². The molecule has 0 fully saturated rings. The van der Waals surface area contributed by atoms with Crippen LogP contribution in [0.3, 0.4) is 0 Å². The minimum Gasteiger partial charge on any atom is -0.368 e. The van der Waals surface area contributed by atoms with Crippen molar-refractivity contribution in [2.45, 2.75) is 51.6 Å². The standard InChI is InChI=1S/C14H24N4O2/c1-5-7-9-13(3,11(15)19)17-18-14(4,12(16)20)10-8-6-2/h5-8H,9-10H2,1-4H3,(H2,15,19)(H2,16,20).